The van der Waals surface area contributed by atoms with Crippen LogP contribution in [-0.2, 0) is 55.8 Å². The van der Waals surface area contributed by atoms with Crippen molar-refractivity contribution in [2.75, 3.05) is 39.6 Å². The number of ether oxygens (including phenoxy) is 3. The molecule has 0 bridgehead atoms. The normalized spacial score (nSPS) is 14.7. The third-order valence-electron chi connectivity index (χ3n) is 17.9. The van der Waals surface area contributed by atoms with Gasteiger partial charge in [0.1, 0.15) is 25.4 Å². The lowest BCUT2D eigenvalue weighted by Gasteiger charge is -2.21. The third-order valence-corrected chi connectivity index (χ3v) is 19.8. The van der Waals surface area contributed by atoms with Crippen molar-refractivity contribution < 1.29 is 75.8 Å². The Labute approximate surface area is 675 Å². The minimum Gasteiger partial charge on any atom is -0.463 e. The van der Waals surface area contributed by atoms with Gasteiger partial charge in [-0.2, -0.15) is 0 Å². The van der Waals surface area contributed by atoms with Gasteiger partial charge in [-0.3, -0.25) is 32.5 Å². The van der Waals surface area contributed by atoms with E-state index in [1.165, 1.54) is 122 Å². The molecule has 0 heterocycles. The Kier molecular flexibility index (Phi) is 80.4. The lowest BCUT2D eigenvalue weighted by molar-refractivity contribution is -0.161. The van der Waals surface area contributed by atoms with E-state index in [1.807, 2.05) is 0 Å². The first-order valence-corrected chi connectivity index (χ1v) is 46.4. The maximum Gasteiger partial charge on any atom is 0.472 e. The molecule has 5 unspecified atom stereocenters. The summed E-state index contributed by atoms with van der Waals surface area (Å²) in [5, 5.41) is 20.7. The molecule has 16 nitrogen and oxygen atoms in total. The van der Waals surface area contributed by atoms with Gasteiger partial charge in [-0.15, -0.1) is 0 Å². The van der Waals surface area contributed by atoms with Crippen LogP contribution in [0.2, 0.25) is 0 Å². The molecule has 5 atom stereocenters. The average Bonchev–Trinajstić information content (AvgIpc) is 0.920. The van der Waals surface area contributed by atoms with Crippen LogP contribution < -0.4 is 0 Å². The van der Waals surface area contributed by atoms with Crippen molar-refractivity contribution in [3.8, 4) is 0 Å². The van der Waals surface area contributed by atoms with Crippen LogP contribution in [0.1, 0.15) is 342 Å². The monoisotopic (exact) mass is 1590 g/mol. The lowest BCUT2D eigenvalue weighted by Crippen LogP contribution is -2.30. The largest absolute Gasteiger partial charge is 0.472 e. The van der Waals surface area contributed by atoms with Crippen molar-refractivity contribution in [1.82, 2.24) is 0 Å². The van der Waals surface area contributed by atoms with E-state index in [9.17, 15) is 43.5 Å². The first-order chi connectivity index (χ1) is 54.2. The summed E-state index contributed by atoms with van der Waals surface area (Å²) in [7, 11) is -9.82. The van der Waals surface area contributed by atoms with Gasteiger partial charge in [-0.25, -0.2) is 9.13 Å². The molecule has 0 aliphatic heterocycles. The van der Waals surface area contributed by atoms with E-state index in [2.05, 4.69) is 191 Å². The number of phosphoric acid groups is 2. The molecule has 0 saturated heterocycles. The summed E-state index contributed by atoms with van der Waals surface area (Å²) in [4.78, 5) is 58.9. The highest BCUT2D eigenvalue weighted by Crippen LogP contribution is 2.45. The molecule has 18 heteroatoms. The quantitative estimate of drug-likeness (QED) is 0.0146. The second-order valence-corrected chi connectivity index (χ2v) is 31.5. The zero-order valence-corrected chi connectivity index (χ0v) is 71.4. The van der Waals surface area contributed by atoms with Crippen LogP contribution in [0, 0.1) is 0 Å². The molecule has 634 valence electrons. The number of carbonyl (C=O) groups is 3. The molecule has 0 fully saturated rings. The fourth-order valence-corrected chi connectivity index (χ4v) is 12.9. The molecule has 0 aromatic rings. The Morgan fingerprint density at radius 1 is 0.261 bits per heavy atom. The number of allylic oxidation sites excluding steroid dienone is 28. The SMILES string of the molecule is CC/C=C\C/C=C\C/C=C\C/C=C\C/C=C\C/C=C\CCCCCCC(=O)OC(COC(=O)CCCCCCCCCCC/C=C\C/C=C\C/C=C\C/C=C\CCCCC)COP(=O)(O)OCC(O)COP(=O)(O)OCC(O)COC(=O)CCCCCCCCCCCCC/C=C\C/C=C\C/C=C\C/C=C\CCCCC. The van der Waals surface area contributed by atoms with Gasteiger partial charge < -0.3 is 34.2 Å². The molecule has 0 saturated carbocycles. The summed E-state index contributed by atoms with van der Waals surface area (Å²) in [5.41, 5.74) is 0. The number of aliphatic hydroxyl groups is 2. The van der Waals surface area contributed by atoms with Gasteiger partial charge in [0, 0.05) is 19.3 Å². The van der Waals surface area contributed by atoms with Crippen molar-refractivity contribution in [2.45, 2.75) is 360 Å². The highest BCUT2D eigenvalue weighted by atomic mass is 31.2. The molecular formula is C93H156O16P2. The molecule has 4 N–H and O–H groups in total. The molecule has 0 aromatic heterocycles. The van der Waals surface area contributed by atoms with Crippen LogP contribution in [0.25, 0.3) is 0 Å². The van der Waals surface area contributed by atoms with E-state index in [4.69, 9.17) is 32.3 Å². The Bertz CT molecular complexity index is 2700. The highest BCUT2D eigenvalue weighted by molar-refractivity contribution is 7.47. The van der Waals surface area contributed by atoms with E-state index < -0.39 is 91.5 Å². The number of carbonyl (C=O) groups excluding carboxylic acids is 3. The predicted molar refractivity (Wildman–Crippen MR) is 463 cm³/mol. The molecular weight excluding hydrogens is 1430 g/mol. The van der Waals surface area contributed by atoms with E-state index in [-0.39, 0.29) is 19.3 Å². The smallest absolute Gasteiger partial charge is 0.463 e. The second-order valence-electron chi connectivity index (χ2n) is 28.6. The van der Waals surface area contributed by atoms with Gasteiger partial charge >= 0.3 is 33.6 Å². The highest BCUT2D eigenvalue weighted by Gasteiger charge is 2.29. The van der Waals surface area contributed by atoms with E-state index in [1.54, 1.807) is 0 Å². The van der Waals surface area contributed by atoms with Gasteiger partial charge in [0.2, 0.25) is 0 Å². The van der Waals surface area contributed by atoms with Crippen LogP contribution >= 0.6 is 15.6 Å². The molecule has 0 aliphatic carbocycles. The fourth-order valence-electron chi connectivity index (χ4n) is 11.3. The van der Waals surface area contributed by atoms with Crippen molar-refractivity contribution >= 4 is 33.6 Å². The maximum absolute atomic E-state index is 13.0. The van der Waals surface area contributed by atoms with Crippen molar-refractivity contribution in [2.24, 2.45) is 0 Å². The Morgan fingerprint density at radius 2 is 0.477 bits per heavy atom. The zero-order chi connectivity index (χ0) is 80.8. The third kappa shape index (κ3) is 85.6. The van der Waals surface area contributed by atoms with Crippen LogP contribution in [0.15, 0.2) is 170 Å². The second kappa shape index (κ2) is 84.3. The Hall–Kier alpha value is -5.09. The van der Waals surface area contributed by atoms with E-state index in [0.29, 0.717) is 19.3 Å². The number of aliphatic hydroxyl groups excluding tert-OH is 2. The van der Waals surface area contributed by atoms with Crippen molar-refractivity contribution in [3.05, 3.63) is 170 Å². The number of hydrogen-bond acceptors (Lipinski definition) is 14. The van der Waals surface area contributed by atoms with Crippen molar-refractivity contribution in [3.63, 3.8) is 0 Å². The molecule has 0 radical (unpaired) electrons. The van der Waals surface area contributed by atoms with Crippen LogP contribution in [-0.4, -0.2) is 95.9 Å². The summed E-state index contributed by atoms with van der Waals surface area (Å²) in [5.74, 6) is -1.62. The standard InChI is InChI=1S/C93H156O16P2/c1-4-7-10-13-16-19-22-25-28-31-34-37-40-42-43-45-48-49-52-55-58-61-64-67-70-73-76-79-91(96)103-82-88(94)83-105-110(99,100)106-84-89(95)85-107-111(101,102)108-87-90(109-93(98)81-78-75-72-69-66-63-60-57-54-51-46-39-36-33-30-27-24-21-18-15-12-9-6-3)86-104-92(97)80-77-74-71-68-65-62-59-56-53-50-47-44-41-38-35-32-29-26-23-20-17-14-11-8-5-2/h9,12,16-21,25-30,34-39,42-44,47,51,54,60,63,88-90,94-95H,4-8,10-11,13-15,22-24,31-33,40-41,45-46,48-50,52-53,55-59,61-62,64-87H2,1-3H3,(H,99,100)(H,101,102)/b12-9-,19-16-,20-17-,21-18-,28-25-,29-26-,30-27-,37-34-,38-35-,39-36-,43-42-,47-44-,54-51-,63-60-. The van der Waals surface area contributed by atoms with Crippen LogP contribution in [0.4, 0.5) is 0 Å². The van der Waals surface area contributed by atoms with Gasteiger partial charge in [0.05, 0.1) is 26.4 Å². The number of rotatable bonds is 81. The topological polar surface area (TPSA) is 231 Å². The number of esters is 3. The minimum absolute atomic E-state index is 0.0672. The molecule has 0 amide bonds. The summed E-state index contributed by atoms with van der Waals surface area (Å²) in [6, 6.07) is 0. The van der Waals surface area contributed by atoms with Gasteiger partial charge in [-0.1, -0.05) is 332 Å². The average molecular weight is 1590 g/mol. The molecule has 111 heavy (non-hydrogen) atoms. The molecule has 0 spiro atoms. The number of hydrogen-bond donors (Lipinski definition) is 4. The molecule has 0 aromatic carbocycles. The summed E-state index contributed by atoms with van der Waals surface area (Å²) in [6.45, 7) is 2.49. The fraction of sp³-hybridized carbons (Fsp3) is 0.667. The predicted octanol–water partition coefficient (Wildman–Crippen LogP) is 26.3. The van der Waals surface area contributed by atoms with Crippen molar-refractivity contribution in [1.29, 1.82) is 0 Å². The number of unbranched alkanes of at least 4 members (excludes halogenated alkanes) is 30. The lowest BCUT2D eigenvalue weighted by atomic mass is 10.0. The van der Waals surface area contributed by atoms with Gasteiger partial charge in [0.15, 0.2) is 6.10 Å². The minimum atomic E-state index is -4.95. The van der Waals surface area contributed by atoms with Gasteiger partial charge in [0.25, 0.3) is 0 Å². The first kappa shape index (κ1) is 106. The Morgan fingerprint density at radius 3 is 0.757 bits per heavy atom. The number of phosphoric ester groups is 2. The van der Waals surface area contributed by atoms with E-state index >= 15 is 0 Å². The first-order valence-electron chi connectivity index (χ1n) is 43.4. The van der Waals surface area contributed by atoms with Crippen LogP contribution in [0.5, 0.6) is 0 Å². The maximum atomic E-state index is 13.0. The summed E-state index contributed by atoms with van der Waals surface area (Å²) >= 11 is 0. The van der Waals surface area contributed by atoms with Gasteiger partial charge in [-0.05, 0) is 161 Å². The van der Waals surface area contributed by atoms with Crippen LogP contribution in [0.3, 0.4) is 0 Å². The van der Waals surface area contributed by atoms with E-state index in [0.717, 1.165) is 161 Å². The molecule has 0 rings (SSSR count). The Balaban J connectivity index is 4.71. The summed E-state index contributed by atoms with van der Waals surface area (Å²) < 4.78 is 61.4. The summed E-state index contributed by atoms with van der Waals surface area (Å²) in [6.07, 6.45) is 108. The molecule has 0 aliphatic rings. The zero-order valence-electron chi connectivity index (χ0n) is 69.6.